The number of aliphatic hydroxyl groups is 1. The van der Waals surface area contributed by atoms with Crippen molar-refractivity contribution in [2.24, 2.45) is 10.9 Å². The van der Waals surface area contributed by atoms with E-state index >= 15 is 0 Å². The molecule has 0 bridgehead atoms. The molecule has 1 saturated heterocycles. The zero-order valence-corrected chi connectivity index (χ0v) is 15.6. The molecule has 0 saturated carbocycles. The smallest absolute Gasteiger partial charge is 0.0862 e. The van der Waals surface area contributed by atoms with E-state index in [9.17, 15) is 5.11 Å². The maximum absolute atomic E-state index is 9.92. The topological polar surface area (TPSA) is 35.8 Å². The van der Waals surface area contributed by atoms with E-state index in [1.165, 1.54) is 22.6 Å². The van der Waals surface area contributed by atoms with Crippen LogP contribution in [0.5, 0.6) is 0 Å². The Morgan fingerprint density at radius 2 is 1.96 bits per heavy atom. The summed E-state index contributed by atoms with van der Waals surface area (Å²) in [5, 5.41) is 9.92. The minimum absolute atomic E-state index is 0.170. The van der Waals surface area contributed by atoms with E-state index < -0.39 is 0 Å². The summed E-state index contributed by atoms with van der Waals surface area (Å²) in [4.78, 5) is 7.65. The molecule has 2 aliphatic rings. The van der Waals surface area contributed by atoms with Gasteiger partial charge in [0.15, 0.2) is 0 Å². The van der Waals surface area contributed by atoms with Crippen LogP contribution in [-0.2, 0) is 0 Å². The number of aliphatic imine (C=N–C) groups is 1. The third-order valence-corrected chi connectivity index (χ3v) is 6.33. The summed E-state index contributed by atoms with van der Waals surface area (Å²) in [5.74, 6) is 2.60. The van der Waals surface area contributed by atoms with Crippen molar-refractivity contribution < 1.29 is 5.11 Å². The number of allylic oxidation sites excluding steroid dienone is 1. The van der Waals surface area contributed by atoms with Crippen molar-refractivity contribution in [3.8, 4) is 0 Å². The Morgan fingerprint density at radius 3 is 2.58 bits per heavy atom. The van der Waals surface area contributed by atoms with E-state index in [-0.39, 0.29) is 18.1 Å². The maximum atomic E-state index is 9.92. The molecule has 1 N–H and O–H groups in total. The predicted octanol–water partition coefficient (Wildman–Crippen LogP) is 3.24. The first-order valence-electron chi connectivity index (χ1n) is 8.94. The third kappa shape index (κ3) is 3.61. The second-order valence-corrected chi connectivity index (χ2v) is 8.08. The molecule has 2 aliphatic heterocycles. The number of aliphatic hydroxyl groups excluding tert-OH is 1. The second kappa shape index (κ2) is 7.85. The van der Waals surface area contributed by atoms with Crippen LogP contribution < -0.4 is 0 Å². The molecule has 2 atom stereocenters. The normalized spacial score (nSPS) is 26.1. The lowest BCUT2D eigenvalue weighted by Crippen LogP contribution is -2.42. The Labute approximate surface area is 149 Å². The highest BCUT2D eigenvalue weighted by molar-refractivity contribution is 7.99. The fourth-order valence-corrected chi connectivity index (χ4v) is 4.66. The van der Waals surface area contributed by atoms with Crippen LogP contribution in [0.3, 0.4) is 0 Å². The molecule has 4 heteroatoms. The van der Waals surface area contributed by atoms with Gasteiger partial charge in [-0.15, -0.1) is 0 Å². The Kier molecular flexibility index (Phi) is 5.80. The number of rotatable bonds is 6. The largest absolute Gasteiger partial charge is 0.396 e. The van der Waals surface area contributed by atoms with Crippen LogP contribution in [0.15, 0.2) is 47.0 Å². The van der Waals surface area contributed by atoms with Crippen molar-refractivity contribution in [3.05, 3.63) is 47.5 Å². The van der Waals surface area contributed by atoms with Gasteiger partial charge in [0.05, 0.1) is 11.3 Å². The van der Waals surface area contributed by atoms with Gasteiger partial charge in [-0.05, 0) is 30.6 Å². The Morgan fingerprint density at radius 1 is 1.25 bits per heavy atom. The van der Waals surface area contributed by atoms with E-state index in [4.69, 9.17) is 4.99 Å². The van der Waals surface area contributed by atoms with Crippen molar-refractivity contribution >= 4 is 17.5 Å². The lowest BCUT2D eigenvalue weighted by atomic mass is 9.79. The van der Waals surface area contributed by atoms with Gasteiger partial charge in [-0.2, -0.15) is 11.8 Å². The molecule has 3 rings (SSSR count). The van der Waals surface area contributed by atoms with Crippen molar-refractivity contribution in [1.82, 2.24) is 4.90 Å². The number of hydrogen-bond donors (Lipinski definition) is 1. The zero-order chi connectivity index (χ0) is 17.0. The first-order chi connectivity index (χ1) is 11.7. The van der Waals surface area contributed by atoms with Crippen LogP contribution in [0.25, 0.3) is 0 Å². The summed E-state index contributed by atoms with van der Waals surface area (Å²) in [6, 6.07) is 10.4. The molecule has 2 unspecified atom stereocenters. The van der Waals surface area contributed by atoms with Crippen molar-refractivity contribution in [1.29, 1.82) is 0 Å². The van der Waals surface area contributed by atoms with Crippen molar-refractivity contribution in [2.75, 3.05) is 37.7 Å². The summed E-state index contributed by atoms with van der Waals surface area (Å²) in [6.45, 7) is 7.80. The molecular formula is C20H28N2OS. The van der Waals surface area contributed by atoms with Crippen LogP contribution >= 0.6 is 11.8 Å². The molecule has 0 spiro atoms. The molecular weight excluding hydrogens is 316 g/mol. The van der Waals surface area contributed by atoms with E-state index in [1.807, 2.05) is 17.8 Å². The van der Waals surface area contributed by atoms with E-state index in [2.05, 4.69) is 49.1 Å². The summed E-state index contributed by atoms with van der Waals surface area (Å²) in [5.41, 5.74) is 3.29. The van der Waals surface area contributed by atoms with Gasteiger partial charge in [-0.1, -0.05) is 37.3 Å². The molecule has 3 nitrogen and oxygen atoms in total. The van der Waals surface area contributed by atoms with Crippen LogP contribution in [0.2, 0.25) is 0 Å². The molecule has 0 amide bonds. The standard InChI is InChI=1S/C20H28N2OS/c1-3-17(15-23)20(2)18(14-22-9-11-24-12-10-22)13-19(21-20)16-7-5-4-6-8-16/h4-8,13,17,23H,3,9-12,14-15H2,1-2H3. The molecule has 2 heterocycles. The SMILES string of the molecule is CCC(CO)C1(C)N=C(c2ccccc2)C=C1CN1CCSCC1. The molecule has 130 valence electrons. The van der Waals surface area contributed by atoms with E-state index in [0.717, 1.165) is 31.8 Å². The van der Waals surface area contributed by atoms with Gasteiger partial charge in [0.2, 0.25) is 0 Å². The highest BCUT2D eigenvalue weighted by atomic mass is 32.2. The molecule has 24 heavy (non-hydrogen) atoms. The minimum atomic E-state index is -0.292. The van der Waals surface area contributed by atoms with Gasteiger partial charge in [0.25, 0.3) is 0 Å². The molecule has 0 radical (unpaired) electrons. The molecule has 0 aliphatic carbocycles. The molecule has 0 aromatic heterocycles. The fourth-order valence-electron chi connectivity index (χ4n) is 3.69. The van der Waals surface area contributed by atoms with E-state index in [0.29, 0.717) is 0 Å². The number of thioether (sulfide) groups is 1. The van der Waals surface area contributed by atoms with Crippen LogP contribution in [0.4, 0.5) is 0 Å². The summed E-state index contributed by atoms with van der Waals surface area (Å²) < 4.78 is 0. The van der Waals surface area contributed by atoms with E-state index in [1.54, 1.807) is 0 Å². The summed E-state index contributed by atoms with van der Waals surface area (Å²) >= 11 is 2.04. The molecule has 1 fully saturated rings. The van der Waals surface area contributed by atoms with Gasteiger partial charge in [-0.3, -0.25) is 9.89 Å². The average molecular weight is 345 g/mol. The highest BCUT2D eigenvalue weighted by Gasteiger charge is 2.40. The lowest BCUT2D eigenvalue weighted by molar-refractivity contribution is 0.170. The van der Waals surface area contributed by atoms with Gasteiger partial charge in [0.1, 0.15) is 0 Å². The quantitative estimate of drug-likeness (QED) is 0.860. The molecule has 1 aromatic carbocycles. The van der Waals surface area contributed by atoms with Crippen LogP contribution in [0, 0.1) is 5.92 Å². The Balaban J connectivity index is 1.90. The van der Waals surface area contributed by atoms with Gasteiger partial charge in [0, 0.05) is 43.7 Å². The third-order valence-electron chi connectivity index (χ3n) is 5.39. The van der Waals surface area contributed by atoms with Gasteiger partial charge >= 0.3 is 0 Å². The van der Waals surface area contributed by atoms with Crippen LogP contribution in [-0.4, -0.2) is 59.0 Å². The highest BCUT2D eigenvalue weighted by Crippen LogP contribution is 2.38. The maximum Gasteiger partial charge on any atom is 0.0862 e. The van der Waals surface area contributed by atoms with Crippen molar-refractivity contribution in [2.45, 2.75) is 25.8 Å². The number of hydrogen-bond acceptors (Lipinski definition) is 4. The minimum Gasteiger partial charge on any atom is -0.396 e. The molecule has 1 aromatic rings. The predicted molar refractivity (Wildman–Crippen MR) is 104 cm³/mol. The lowest BCUT2D eigenvalue weighted by Gasteiger charge is -2.36. The zero-order valence-electron chi connectivity index (χ0n) is 14.7. The van der Waals surface area contributed by atoms with Gasteiger partial charge in [-0.25, -0.2) is 0 Å². The first kappa shape index (κ1) is 17.7. The Bertz CT molecular complexity index is 603. The Hall–Kier alpha value is -1.10. The number of nitrogens with zero attached hydrogens (tertiary/aromatic N) is 2. The monoisotopic (exact) mass is 344 g/mol. The summed E-state index contributed by atoms with van der Waals surface area (Å²) in [6.07, 6.45) is 3.21. The second-order valence-electron chi connectivity index (χ2n) is 6.86. The van der Waals surface area contributed by atoms with Gasteiger partial charge < -0.3 is 5.11 Å². The fraction of sp³-hybridized carbons (Fsp3) is 0.550. The average Bonchev–Trinajstić information content (AvgIpc) is 2.95. The van der Waals surface area contributed by atoms with Crippen molar-refractivity contribution in [3.63, 3.8) is 0 Å². The first-order valence-corrected chi connectivity index (χ1v) is 10.1. The number of benzene rings is 1. The summed E-state index contributed by atoms with van der Waals surface area (Å²) in [7, 11) is 0. The van der Waals surface area contributed by atoms with Crippen LogP contribution in [0.1, 0.15) is 25.8 Å².